The van der Waals surface area contributed by atoms with E-state index in [1.807, 2.05) is 26.0 Å². The second-order valence-corrected chi connectivity index (χ2v) is 6.60. The van der Waals surface area contributed by atoms with E-state index < -0.39 is 0 Å². The first-order chi connectivity index (χ1) is 10.4. The fraction of sp³-hybridized carbons (Fsp3) is 0.647. The molecule has 0 bridgehead atoms. The number of carbonyl (C=O) groups is 1. The van der Waals surface area contributed by atoms with Crippen LogP contribution in [-0.2, 0) is 4.79 Å². The normalized spacial score (nSPS) is 21.6. The molecule has 0 unspecified atom stereocenters. The second-order valence-electron chi connectivity index (χ2n) is 6.60. The molecule has 2 rings (SSSR count). The maximum Gasteiger partial charge on any atom is 0.225 e. The van der Waals surface area contributed by atoms with Gasteiger partial charge in [-0.15, -0.1) is 12.4 Å². The number of nitrogens with one attached hydrogen (secondary N) is 1. The zero-order valence-corrected chi connectivity index (χ0v) is 15.2. The third kappa shape index (κ3) is 6.36. The summed E-state index contributed by atoms with van der Waals surface area (Å²) < 4.78 is 5.99. The van der Waals surface area contributed by atoms with E-state index in [1.54, 1.807) is 6.07 Å². The van der Waals surface area contributed by atoms with Crippen molar-refractivity contribution in [3.63, 3.8) is 0 Å². The summed E-state index contributed by atoms with van der Waals surface area (Å²) in [5.41, 5.74) is 0. The summed E-state index contributed by atoms with van der Waals surface area (Å²) in [6, 6.07) is 6.03. The first-order valence-corrected chi connectivity index (χ1v) is 8.08. The summed E-state index contributed by atoms with van der Waals surface area (Å²) in [5.74, 6) is 1.47. The number of nitrogens with zero attached hydrogens (tertiary/aromatic N) is 2. The van der Waals surface area contributed by atoms with Crippen molar-refractivity contribution in [2.75, 3.05) is 18.9 Å². The molecular formula is C17H28ClN3O2. The number of rotatable bonds is 5. The fourth-order valence-corrected chi connectivity index (χ4v) is 2.64. The standard InChI is InChI=1S/C17H27N3O2.ClH/c1-12(2)10-16(21)18-15-6-5-7-17(19-15)22-14-8-9-20(4)13(3)11-14;/h5-7,12-14H,8-11H2,1-4H3,(H,18,19,21);1H/t13-,14-;/m1./s1. The molecule has 130 valence electrons. The van der Waals surface area contributed by atoms with Crippen molar-refractivity contribution in [1.29, 1.82) is 0 Å². The molecule has 1 aliphatic rings. The summed E-state index contributed by atoms with van der Waals surface area (Å²) in [7, 11) is 2.14. The summed E-state index contributed by atoms with van der Waals surface area (Å²) in [6.45, 7) is 7.30. The lowest BCUT2D eigenvalue weighted by atomic mass is 10.0. The van der Waals surface area contributed by atoms with Crippen molar-refractivity contribution < 1.29 is 9.53 Å². The lowest BCUT2D eigenvalue weighted by Gasteiger charge is -2.34. The van der Waals surface area contributed by atoms with Gasteiger partial charge in [-0.05, 0) is 38.8 Å². The minimum atomic E-state index is -0.00689. The summed E-state index contributed by atoms with van der Waals surface area (Å²) >= 11 is 0. The molecule has 2 heterocycles. The molecule has 0 radical (unpaired) electrons. The zero-order chi connectivity index (χ0) is 16.1. The van der Waals surface area contributed by atoms with Gasteiger partial charge < -0.3 is 15.0 Å². The van der Waals surface area contributed by atoms with Crippen LogP contribution in [0, 0.1) is 5.92 Å². The van der Waals surface area contributed by atoms with Gasteiger partial charge in [0.25, 0.3) is 0 Å². The van der Waals surface area contributed by atoms with Crippen LogP contribution in [0.25, 0.3) is 0 Å². The number of piperidine rings is 1. The average Bonchev–Trinajstić information content (AvgIpc) is 2.42. The Balaban J connectivity index is 0.00000264. The van der Waals surface area contributed by atoms with Gasteiger partial charge in [-0.25, -0.2) is 0 Å². The Morgan fingerprint density at radius 2 is 2.22 bits per heavy atom. The van der Waals surface area contributed by atoms with Crippen LogP contribution in [-0.4, -0.2) is 41.5 Å². The molecule has 1 aromatic heterocycles. The molecule has 6 heteroatoms. The maximum atomic E-state index is 11.8. The van der Waals surface area contributed by atoms with Crippen molar-refractivity contribution >= 4 is 24.1 Å². The Labute approximate surface area is 145 Å². The number of halogens is 1. The summed E-state index contributed by atoms with van der Waals surface area (Å²) in [4.78, 5) is 18.5. The van der Waals surface area contributed by atoms with Crippen molar-refractivity contribution in [2.24, 2.45) is 5.92 Å². The molecule has 1 aliphatic heterocycles. The van der Waals surface area contributed by atoms with Crippen LogP contribution >= 0.6 is 12.4 Å². The largest absolute Gasteiger partial charge is 0.474 e. The first kappa shape index (κ1) is 19.7. The molecule has 5 nitrogen and oxygen atoms in total. The highest BCUT2D eigenvalue weighted by atomic mass is 35.5. The number of carbonyl (C=O) groups excluding carboxylic acids is 1. The van der Waals surface area contributed by atoms with E-state index in [1.165, 1.54) is 0 Å². The second kappa shape index (κ2) is 9.08. The van der Waals surface area contributed by atoms with E-state index in [0.717, 1.165) is 19.4 Å². The van der Waals surface area contributed by atoms with E-state index in [0.29, 0.717) is 30.1 Å². The molecule has 0 spiro atoms. The number of pyridine rings is 1. The summed E-state index contributed by atoms with van der Waals surface area (Å²) in [6.07, 6.45) is 2.70. The molecule has 0 aromatic carbocycles. The van der Waals surface area contributed by atoms with E-state index in [4.69, 9.17) is 4.74 Å². The lowest BCUT2D eigenvalue weighted by Crippen LogP contribution is -2.42. The molecule has 2 atom stereocenters. The predicted molar refractivity (Wildman–Crippen MR) is 95.3 cm³/mol. The smallest absolute Gasteiger partial charge is 0.225 e. The van der Waals surface area contributed by atoms with Crippen LogP contribution in [0.1, 0.15) is 40.0 Å². The molecule has 23 heavy (non-hydrogen) atoms. The first-order valence-electron chi connectivity index (χ1n) is 8.08. The van der Waals surface area contributed by atoms with Gasteiger partial charge in [0.05, 0.1) is 0 Å². The van der Waals surface area contributed by atoms with Gasteiger partial charge in [-0.2, -0.15) is 4.98 Å². The molecule has 1 aromatic rings. The SMILES string of the molecule is CC(C)CC(=O)Nc1cccc(O[C@@H]2CCN(C)[C@H](C)C2)n1.Cl. The van der Waals surface area contributed by atoms with Crippen LogP contribution in [0.4, 0.5) is 5.82 Å². The number of anilines is 1. The Bertz CT molecular complexity index is 510. The maximum absolute atomic E-state index is 11.8. The molecule has 1 fully saturated rings. The number of ether oxygens (including phenoxy) is 1. The minimum absolute atomic E-state index is 0. The van der Waals surface area contributed by atoms with Gasteiger partial charge in [0.2, 0.25) is 11.8 Å². The van der Waals surface area contributed by atoms with Gasteiger partial charge in [0, 0.05) is 25.1 Å². The van der Waals surface area contributed by atoms with Crippen molar-refractivity contribution in [3.05, 3.63) is 18.2 Å². The van der Waals surface area contributed by atoms with Crippen LogP contribution in [0.3, 0.4) is 0 Å². The van der Waals surface area contributed by atoms with Crippen LogP contribution < -0.4 is 10.1 Å². The number of hydrogen-bond acceptors (Lipinski definition) is 4. The van der Waals surface area contributed by atoms with Crippen molar-refractivity contribution in [1.82, 2.24) is 9.88 Å². The quantitative estimate of drug-likeness (QED) is 0.892. The predicted octanol–water partition coefficient (Wildman–Crippen LogP) is 3.35. The topological polar surface area (TPSA) is 54.5 Å². The van der Waals surface area contributed by atoms with Gasteiger partial charge in [0.1, 0.15) is 11.9 Å². The molecule has 0 aliphatic carbocycles. The van der Waals surface area contributed by atoms with Gasteiger partial charge in [-0.3, -0.25) is 4.79 Å². The number of likely N-dealkylation sites (tertiary alicyclic amines) is 1. The highest BCUT2D eigenvalue weighted by molar-refractivity contribution is 5.89. The van der Waals surface area contributed by atoms with Crippen molar-refractivity contribution in [3.8, 4) is 5.88 Å². The lowest BCUT2D eigenvalue weighted by molar-refractivity contribution is -0.116. The third-order valence-corrected chi connectivity index (χ3v) is 4.03. The minimum Gasteiger partial charge on any atom is -0.474 e. The van der Waals surface area contributed by atoms with Crippen LogP contribution in [0.2, 0.25) is 0 Å². The zero-order valence-electron chi connectivity index (χ0n) is 14.4. The van der Waals surface area contributed by atoms with Gasteiger partial charge >= 0.3 is 0 Å². The molecule has 0 saturated carbocycles. The number of aromatic nitrogens is 1. The van der Waals surface area contributed by atoms with Gasteiger partial charge in [0.15, 0.2) is 0 Å². The van der Waals surface area contributed by atoms with Gasteiger partial charge in [-0.1, -0.05) is 19.9 Å². The molecule has 1 amide bonds. The van der Waals surface area contributed by atoms with E-state index in [9.17, 15) is 4.79 Å². The number of amides is 1. The van der Waals surface area contributed by atoms with E-state index >= 15 is 0 Å². The highest BCUT2D eigenvalue weighted by Gasteiger charge is 2.24. The third-order valence-electron chi connectivity index (χ3n) is 4.03. The Morgan fingerprint density at radius 1 is 1.48 bits per heavy atom. The Hall–Kier alpha value is -1.33. The fourth-order valence-electron chi connectivity index (χ4n) is 2.64. The number of hydrogen-bond donors (Lipinski definition) is 1. The monoisotopic (exact) mass is 341 g/mol. The molecule has 1 saturated heterocycles. The Morgan fingerprint density at radius 3 is 2.87 bits per heavy atom. The van der Waals surface area contributed by atoms with E-state index in [2.05, 4.69) is 29.2 Å². The van der Waals surface area contributed by atoms with E-state index in [-0.39, 0.29) is 24.4 Å². The van der Waals surface area contributed by atoms with Crippen LogP contribution in [0.15, 0.2) is 18.2 Å². The molecular weight excluding hydrogens is 314 g/mol. The molecule has 1 N–H and O–H groups in total. The summed E-state index contributed by atoms with van der Waals surface area (Å²) in [5, 5.41) is 2.83. The highest BCUT2D eigenvalue weighted by Crippen LogP contribution is 2.21. The van der Waals surface area contributed by atoms with Crippen molar-refractivity contribution in [2.45, 2.75) is 52.2 Å². The Kier molecular flexibility index (Phi) is 7.79. The average molecular weight is 342 g/mol. The van der Waals surface area contributed by atoms with Crippen LogP contribution in [0.5, 0.6) is 5.88 Å².